The van der Waals surface area contributed by atoms with E-state index >= 15 is 0 Å². The Balaban J connectivity index is 1.52. The third-order valence-corrected chi connectivity index (χ3v) is 6.04. The molecule has 0 aromatic carbocycles. The zero-order valence-electron chi connectivity index (χ0n) is 12.7. The summed E-state index contributed by atoms with van der Waals surface area (Å²) in [6, 6.07) is 1.85. The molecule has 2 aliphatic heterocycles. The average Bonchev–Trinajstić information content (AvgIpc) is 3.22. The standard InChI is InChI=1S/C13H18N6O3S/c1-17-12(6-10-2-5-22-9-10)15-16-13(17)18-3-4-19-11(8-18)7-14-23(19,20)21/h2,5,9,11,14H,3-4,6-8H2,1H3. The van der Waals surface area contributed by atoms with Crippen LogP contribution in [0.5, 0.6) is 0 Å². The number of rotatable bonds is 3. The second-order valence-electron chi connectivity index (χ2n) is 5.85. The maximum Gasteiger partial charge on any atom is 0.279 e. The molecule has 4 heterocycles. The Bertz CT molecular complexity index is 800. The fraction of sp³-hybridized carbons (Fsp3) is 0.538. The van der Waals surface area contributed by atoms with Crippen molar-refractivity contribution in [3.63, 3.8) is 0 Å². The van der Waals surface area contributed by atoms with E-state index in [2.05, 4.69) is 19.8 Å². The lowest BCUT2D eigenvalue weighted by Crippen LogP contribution is -2.52. The molecule has 10 heteroatoms. The van der Waals surface area contributed by atoms with Gasteiger partial charge in [0.2, 0.25) is 5.95 Å². The third kappa shape index (κ3) is 2.52. The van der Waals surface area contributed by atoms with Gasteiger partial charge in [-0.15, -0.1) is 10.2 Å². The van der Waals surface area contributed by atoms with Crippen LogP contribution in [0.15, 0.2) is 23.0 Å². The van der Waals surface area contributed by atoms with Crippen LogP contribution in [0.3, 0.4) is 0 Å². The molecular weight excluding hydrogens is 320 g/mol. The largest absolute Gasteiger partial charge is 0.472 e. The number of anilines is 1. The molecule has 4 rings (SSSR count). The first-order valence-corrected chi connectivity index (χ1v) is 8.89. The molecule has 2 aromatic rings. The van der Waals surface area contributed by atoms with E-state index in [-0.39, 0.29) is 6.04 Å². The lowest BCUT2D eigenvalue weighted by molar-refractivity contribution is 0.318. The smallest absolute Gasteiger partial charge is 0.279 e. The first kappa shape index (κ1) is 14.7. The Morgan fingerprint density at radius 3 is 3.04 bits per heavy atom. The van der Waals surface area contributed by atoms with Crippen LogP contribution in [0.4, 0.5) is 5.95 Å². The molecule has 0 bridgehead atoms. The summed E-state index contributed by atoms with van der Waals surface area (Å²) in [6.45, 7) is 2.13. The van der Waals surface area contributed by atoms with Crippen LogP contribution in [-0.2, 0) is 23.7 Å². The Hall–Kier alpha value is -1.91. The SMILES string of the molecule is Cn1c(Cc2ccoc2)nnc1N1CCN2C(CNS2(=O)=O)C1. The normalized spacial score (nSPS) is 24.0. The summed E-state index contributed by atoms with van der Waals surface area (Å²) < 4.78 is 34.8. The number of nitrogens with zero attached hydrogens (tertiary/aromatic N) is 5. The van der Waals surface area contributed by atoms with Crippen LogP contribution in [0, 0.1) is 0 Å². The lowest BCUT2D eigenvalue weighted by atomic mass is 10.2. The van der Waals surface area contributed by atoms with Crippen molar-refractivity contribution >= 4 is 16.2 Å². The monoisotopic (exact) mass is 338 g/mol. The summed E-state index contributed by atoms with van der Waals surface area (Å²) in [6.07, 6.45) is 3.99. The van der Waals surface area contributed by atoms with E-state index in [1.807, 2.05) is 17.7 Å². The van der Waals surface area contributed by atoms with E-state index < -0.39 is 10.2 Å². The number of hydrogen-bond donors (Lipinski definition) is 1. The molecule has 2 fully saturated rings. The van der Waals surface area contributed by atoms with E-state index in [4.69, 9.17) is 4.42 Å². The van der Waals surface area contributed by atoms with Crippen LogP contribution >= 0.6 is 0 Å². The second kappa shape index (κ2) is 5.32. The van der Waals surface area contributed by atoms with Gasteiger partial charge in [0.1, 0.15) is 5.82 Å². The van der Waals surface area contributed by atoms with Crippen LogP contribution in [0.1, 0.15) is 11.4 Å². The minimum atomic E-state index is -3.29. The number of aromatic nitrogens is 3. The van der Waals surface area contributed by atoms with Crippen molar-refractivity contribution in [2.24, 2.45) is 7.05 Å². The fourth-order valence-corrected chi connectivity index (χ4v) is 4.57. The van der Waals surface area contributed by atoms with Gasteiger partial charge in [-0.3, -0.25) is 0 Å². The summed E-state index contributed by atoms with van der Waals surface area (Å²) in [5.74, 6) is 1.62. The molecule has 124 valence electrons. The van der Waals surface area contributed by atoms with Crippen molar-refractivity contribution in [2.75, 3.05) is 31.1 Å². The highest BCUT2D eigenvalue weighted by Crippen LogP contribution is 2.22. The predicted molar refractivity (Wildman–Crippen MR) is 82.1 cm³/mol. The molecule has 0 aliphatic carbocycles. The summed E-state index contributed by atoms with van der Waals surface area (Å²) in [5, 5.41) is 8.55. The molecule has 0 amide bonds. The van der Waals surface area contributed by atoms with Gasteiger partial charge in [0.25, 0.3) is 10.2 Å². The van der Waals surface area contributed by atoms with Crippen LogP contribution in [0.2, 0.25) is 0 Å². The molecule has 1 N–H and O–H groups in total. The van der Waals surface area contributed by atoms with Crippen molar-refractivity contribution in [2.45, 2.75) is 12.5 Å². The van der Waals surface area contributed by atoms with Gasteiger partial charge in [0.05, 0.1) is 18.6 Å². The molecule has 2 aliphatic rings. The Morgan fingerprint density at radius 1 is 1.39 bits per heavy atom. The lowest BCUT2D eigenvalue weighted by Gasteiger charge is -2.35. The second-order valence-corrected chi connectivity index (χ2v) is 7.56. The highest BCUT2D eigenvalue weighted by Gasteiger charge is 2.41. The van der Waals surface area contributed by atoms with Gasteiger partial charge in [-0.05, 0) is 11.6 Å². The van der Waals surface area contributed by atoms with E-state index in [0.29, 0.717) is 32.6 Å². The number of nitrogens with one attached hydrogen (secondary N) is 1. The van der Waals surface area contributed by atoms with Crippen molar-refractivity contribution in [3.05, 3.63) is 30.0 Å². The van der Waals surface area contributed by atoms with Crippen LogP contribution in [-0.4, -0.2) is 59.7 Å². The van der Waals surface area contributed by atoms with E-state index in [0.717, 1.165) is 17.3 Å². The van der Waals surface area contributed by atoms with E-state index in [1.165, 1.54) is 4.31 Å². The molecule has 9 nitrogen and oxygen atoms in total. The van der Waals surface area contributed by atoms with Crippen LogP contribution < -0.4 is 9.62 Å². The molecule has 0 saturated carbocycles. The van der Waals surface area contributed by atoms with Crippen LogP contribution in [0.25, 0.3) is 0 Å². The van der Waals surface area contributed by atoms with Gasteiger partial charge in [-0.2, -0.15) is 12.7 Å². The van der Waals surface area contributed by atoms with Gasteiger partial charge in [0.15, 0.2) is 0 Å². The number of hydrogen-bond acceptors (Lipinski definition) is 6. The van der Waals surface area contributed by atoms with Gasteiger partial charge < -0.3 is 13.9 Å². The van der Waals surface area contributed by atoms with Crippen molar-refractivity contribution in [3.8, 4) is 0 Å². The van der Waals surface area contributed by atoms with Gasteiger partial charge >= 0.3 is 0 Å². The molecule has 2 saturated heterocycles. The highest BCUT2D eigenvalue weighted by molar-refractivity contribution is 7.87. The van der Waals surface area contributed by atoms with Gasteiger partial charge in [0, 0.05) is 39.6 Å². The zero-order chi connectivity index (χ0) is 16.0. The third-order valence-electron chi connectivity index (χ3n) is 4.41. The minimum Gasteiger partial charge on any atom is -0.472 e. The highest BCUT2D eigenvalue weighted by atomic mass is 32.2. The van der Waals surface area contributed by atoms with Crippen molar-refractivity contribution < 1.29 is 12.8 Å². The molecule has 0 spiro atoms. The van der Waals surface area contributed by atoms with Gasteiger partial charge in [-0.25, -0.2) is 4.72 Å². The maximum atomic E-state index is 11.8. The van der Waals surface area contributed by atoms with E-state index in [9.17, 15) is 8.42 Å². The number of piperazine rings is 1. The Kier molecular flexibility index (Phi) is 3.39. The fourth-order valence-electron chi connectivity index (χ4n) is 3.14. The van der Waals surface area contributed by atoms with Crippen molar-refractivity contribution in [1.82, 2.24) is 23.8 Å². The topological polar surface area (TPSA) is 96.5 Å². The molecule has 1 atom stereocenters. The number of fused-ring (bicyclic) bond motifs is 1. The molecule has 1 unspecified atom stereocenters. The molecule has 0 radical (unpaired) electrons. The summed E-state index contributed by atoms with van der Waals surface area (Å²) >= 11 is 0. The molecule has 23 heavy (non-hydrogen) atoms. The minimum absolute atomic E-state index is 0.0530. The molecule has 2 aromatic heterocycles. The van der Waals surface area contributed by atoms with E-state index in [1.54, 1.807) is 12.5 Å². The quantitative estimate of drug-likeness (QED) is 0.798. The first-order chi connectivity index (χ1) is 11.0. The van der Waals surface area contributed by atoms with Crippen molar-refractivity contribution in [1.29, 1.82) is 0 Å². The number of furan rings is 1. The Labute approximate surface area is 134 Å². The average molecular weight is 338 g/mol. The predicted octanol–water partition coefficient (Wildman–Crippen LogP) is -0.662. The molecular formula is C13H18N6O3S. The summed E-state index contributed by atoms with van der Waals surface area (Å²) in [7, 11) is -1.36. The maximum absolute atomic E-state index is 11.8. The van der Waals surface area contributed by atoms with Gasteiger partial charge in [-0.1, -0.05) is 0 Å². The Morgan fingerprint density at radius 2 is 2.26 bits per heavy atom. The zero-order valence-corrected chi connectivity index (χ0v) is 13.5. The summed E-state index contributed by atoms with van der Waals surface area (Å²) in [5.41, 5.74) is 1.04. The summed E-state index contributed by atoms with van der Waals surface area (Å²) in [4.78, 5) is 2.09. The first-order valence-electron chi connectivity index (χ1n) is 7.45.